The molecule has 5 heteroatoms. The molecule has 0 heterocycles. The molecule has 0 saturated heterocycles. The Morgan fingerprint density at radius 1 is 1.04 bits per heavy atom. The average molecular weight is 347 g/mol. The first-order chi connectivity index (χ1) is 12.1. The number of rotatable bonds is 4. The number of para-hydroxylation sites is 1. The van der Waals surface area contributed by atoms with Crippen LogP contribution in [0.1, 0.15) is 37.3 Å². The smallest absolute Gasteiger partial charge is 0.123 e. The maximum absolute atomic E-state index is 12.3. The molecule has 3 rings (SSSR count). The molecule has 25 heavy (non-hydrogen) atoms. The van der Waals surface area contributed by atoms with Crippen molar-refractivity contribution in [2.24, 2.45) is 17.2 Å². The van der Waals surface area contributed by atoms with Crippen LogP contribution in [0.4, 0.5) is 4.39 Å². The molecule has 1 aliphatic rings. The lowest BCUT2D eigenvalue weighted by atomic mass is 9.95. The van der Waals surface area contributed by atoms with Crippen molar-refractivity contribution in [3.8, 4) is 5.75 Å². The lowest BCUT2D eigenvalue weighted by Crippen LogP contribution is -2.27. The van der Waals surface area contributed by atoms with Gasteiger partial charge in [-0.05, 0) is 43.5 Å². The van der Waals surface area contributed by atoms with Gasteiger partial charge in [0.25, 0.3) is 0 Å². The Balaban J connectivity index is 0.000000200. The van der Waals surface area contributed by atoms with E-state index in [-0.39, 0.29) is 5.82 Å². The van der Waals surface area contributed by atoms with Gasteiger partial charge in [0.05, 0.1) is 6.61 Å². The molecule has 0 bridgehead atoms. The summed E-state index contributed by atoms with van der Waals surface area (Å²) in [5, 5.41) is 0. The molecule has 138 valence electrons. The van der Waals surface area contributed by atoms with Crippen LogP contribution >= 0.6 is 0 Å². The molecular formula is C20H30FN3O. The van der Waals surface area contributed by atoms with E-state index in [2.05, 4.69) is 0 Å². The van der Waals surface area contributed by atoms with Crippen molar-refractivity contribution in [3.63, 3.8) is 0 Å². The minimum atomic E-state index is -0.224. The molecule has 1 aliphatic carbocycles. The van der Waals surface area contributed by atoms with Gasteiger partial charge in [0.1, 0.15) is 11.6 Å². The quantitative estimate of drug-likeness (QED) is 0.792. The van der Waals surface area contributed by atoms with Crippen LogP contribution in [0.2, 0.25) is 0 Å². The van der Waals surface area contributed by atoms with Gasteiger partial charge in [-0.2, -0.15) is 0 Å². The summed E-state index contributed by atoms with van der Waals surface area (Å²) < 4.78 is 17.6. The second-order valence-electron chi connectivity index (χ2n) is 5.77. The Hall–Kier alpha value is -1.95. The summed E-state index contributed by atoms with van der Waals surface area (Å²) in [5.41, 5.74) is 18.0. The van der Waals surface area contributed by atoms with Gasteiger partial charge >= 0.3 is 0 Å². The maximum Gasteiger partial charge on any atom is 0.123 e. The van der Waals surface area contributed by atoms with Crippen LogP contribution in [-0.2, 0) is 13.1 Å². The van der Waals surface area contributed by atoms with E-state index in [1.807, 2.05) is 31.2 Å². The molecule has 0 unspecified atom stereocenters. The normalized spacial score (nSPS) is 12.8. The zero-order valence-corrected chi connectivity index (χ0v) is 15.0. The van der Waals surface area contributed by atoms with Crippen LogP contribution in [0, 0.1) is 5.82 Å². The predicted octanol–water partition coefficient (Wildman–Crippen LogP) is 3.33. The fourth-order valence-electron chi connectivity index (χ4n) is 2.07. The van der Waals surface area contributed by atoms with E-state index in [1.54, 1.807) is 12.1 Å². The van der Waals surface area contributed by atoms with Crippen LogP contribution in [0.15, 0.2) is 48.5 Å². The van der Waals surface area contributed by atoms with Crippen LogP contribution < -0.4 is 21.9 Å². The van der Waals surface area contributed by atoms with Gasteiger partial charge in [-0.15, -0.1) is 0 Å². The summed E-state index contributed by atoms with van der Waals surface area (Å²) in [5.74, 6) is 0.676. The van der Waals surface area contributed by atoms with Gasteiger partial charge in [0, 0.05) is 24.7 Å². The SMILES string of the molecule is CCOc1ccccc1CN.NC1CCC1.NCc1cccc(F)c1. The Bertz CT molecular complexity index is 603. The van der Waals surface area contributed by atoms with Crippen molar-refractivity contribution in [2.75, 3.05) is 6.61 Å². The van der Waals surface area contributed by atoms with E-state index in [1.165, 1.54) is 31.4 Å². The van der Waals surface area contributed by atoms with E-state index in [9.17, 15) is 4.39 Å². The highest BCUT2D eigenvalue weighted by Crippen LogP contribution is 2.16. The summed E-state index contributed by atoms with van der Waals surface area (Å²) >= 11 is 0. The van der Waals surface area contributed by atoms with E-state index >= 15 is 0 Å². The summed E-state index contributed by atoms with van der Waals surface area (Å²) in [6, 6.07) is 14.7. The maximum atomic E-state index is 12.3. The molecule has 0 spiro atoms. The van der Waals surface area contributed by atoms with Crippen LogP contribution in [-0.4, -0.2) is 12.6 Å². The summed E-state index contributed by atoms with van der Waals surface area (Å²) in [6.45, 7) is 3.60. The molecule has 0 aliphatic heterocycles. The molecule has 0 radical (unpaired) electrons. The monoisotopic (exact) mass is 347 g/mol. The predicted molar refractivity (Wildman–Crippen MR) is 102 cm³/mol. The Labute approximate surface area is 150 Å². The molecule has 6 N–H and O–H groups in total. The first-order valence-electron chi connectivity index (χ1n) is 8.71. The number of ether oxygens (including phenoxy) is 1. The van der Waals surface area contributed by atoms with Gasteiger partial charge in [0.2, 0.25) is 0 Å². The molecule has 1 fully saturated rings. The zero-order valence-electron chi connectivity index (χ0n) is 15.0. The number of hydrogen-bond acceptors (Lipinski definition) is 4. The number of nitrogens with two attached hydrogens (primary N) is 3. The molecule has 2 aromatic rings. The van der Waals surface area contributed by atoms with E-state index in [0.717, 1.165) is 16.9 Å². The Morgan fingerprint density at radius 2 is 1.72 bits per heavy atom. The lowest BCUT2D eigenvalue weighted by molar-refractivity contribution is 0.336. The van der Waals surface area contributed by atoms with Crippen LogP contribution in [0.25, 0.3) is 0 Å². The third kappa shape index (κ3) is 8.63. The van der Waals surface area contributed by atoms with Crippen molar-refractivity contribution in [1.29, 1.82) is 0 Å². The van der Waals surface area contributed by atoms with Gasteiger partial charge < -0.3 is 21.9 Å². The molecular weight excluding hydrogens is 317 g/mol. The Morgan fingerprint density at radius 3 is 2.16 bits per heavy atom. The molecule has 0 atom stereocenters. The topological polar surface area (TPSA) is 87.3 Å². The first-order valence-corrected chi connectivity index (χ1v) is 8.71. The number of hydrogen-bond donors (Lipinski definition) is 3. The highest BCUT2D eigenvalue weighted by molar-refractivity contribution is 5.32. The van der Waals surface area contributed by atoms with Gasteiger partial charge in [-0.25, -0.2) is 4.39 Å². The summed E-state index contributed by atoms with van der Waals surface area (Å²) in [4.78, 5) is 0. The molecule has 0 aromatic heterocycles. The fraction of sp³-hybridized carbons (Fsp3) is 0.400. The molecule has 2 aromatic carbocycles. The zero-order chi connectivity index (χ0) is 18.5. The number of benzene rings is 2. The van der Waals surface area contributed by atoms with Crippen LogP contribution in [0.5, 0.6) is 5.75 Å². The van der Waals surface area contributed by atoms with Crippen molar-refractivity contribution in [3.05, 3.63) is 65.5 Å². The largest absolute Gasteiger partial charge is 0.494 e. The van der Waals surface area contributed by atoms with E-state index < -0.39 is 0 Å². The molecule has 4 nitrogen and oxygen atoms in total. The summed E-state index contributed by atoms with van der Waals surface area (Å²) in [7, 11) is 0. The minimum Gasteiger partial charge on any atom is -0.494 e. The van der Waals surface area contributed by atoms with Crippen molar-refractivity contribution in [1.82, 2.24) is 0 Å². The van der Waals surface area contributed by atoms with Gasteiger partial charge in [0.15, 0.2) is 0 Å². The highest BCUT2D eigenvalue weighted by Gasteiger charge is 2.09. The number of halogens is 1. The third-order valence-corrected chi connectivity index (χ3v) is 3.77. The average Bonchev–Trinajstić information content (AvgIpc) is 2.62. The minimum absolute atomic E-state index is 0.224. The molecule has 1 saturated carbocycles. The first kappa shape index (κ1) is 21.1. The second kappa shape index (κ2) is 12.4. The van der Waals surface area contributed by atoms with Gasteiger partial charge in [-0.3, -0.25) is 0 Å². The second-order valence-corrected chi connectivity index (χ2v) is 5.77. The summed E-state index contributed by atoms with van der Waals surface area (Å²) in [6.07, 6.45) is 3.89. The van der Waals surface area contributed by atoms with Gasteiger partial charge in [-0.1, -0.05) is 36.8 Å². The standard InChI is InChI=1S/C9H13NO.C7H8FN.C4H9N/c1-2-11-9-6-4-3-5-8(9)7-10;8-7-3-1-2-6(4-7)5-9;5-4-2-1-3-4/h3-6H,2,7,10H2,1H3;1-4H,5,9H2;4H,1-3,5H2. The highest BCUT2D eigenvalue weighted by atomic mass is 19.1. The third-order valence-electron chi connectivity index (χ3n) is 3.77. The van der Waals surface area contributed by atoms with Crippen molar-refractivity contribution in [2.45, 2.75) is 45.3 Å². The van der Waals surface area contributed by atoms with E-state index in [0.29, 0.717) is 25.7 Å². The fourth-order valence-corrected chi connectivity index (χ4v) is 2.07. The lowest BCUT2D eigenvalue weighted by Gasteiger charge is -2.18. The van der Waals surface area contributed by atoms with Crippen molar-refractivity contribution < 1.29 is 9.13 Å². The Kier molecular flexibility index (Phi) is 10.5. The molecule has 0 amide bonds. The van der Waals surface area contributed by atoms with Crippen molar-refractivity contribution >= 4 is 0 Å². The van der Waals surface area contributed by atoms with E-state index in [4.69, 9.17) is 21.9 Å². The van der Waals surface area contributed by atoms with Crippen LogP contribution in [0.3, 0.4) is 0 Å².